The van der Waals surface area contributed by atoms with E-state index in [0.29, 0.717) is 17.3 Å². The minimum atomic E-state index is -0.611. The highest BCUT2D eigenvalue weighted by molar-refractivity contribution is 7.98. The molecule has 0 spiro atoms. The Hall–Kier alpha value is -2.23. The van der Waals surface area contributed by atoms with E-state index in [9.17, 15) is 4.79 Å². The van der Waals surface area contributed by atoms with Crippen molar-refractivity contribution in [2.45, 2.75) is 4.90 Å². The Kier molecular flexibility index (Phi) is 5.85. The number of thioether (sulfide) groups is 1. The molecule has 5 nitrogen and oxygen atoms in total. The second kappa shape index (κ2) is 7.86. The smallest absolute Gasteiger partial charge is 0.355 e. The minimum Gasteiger partial charge on any atom is -0.492 e. The third-order valence-corrected chi connectivity index (χ3v) is 3.95. The molecule has 1 aromatic carbocycles. The van der Waals surface area contributed by atoms with Crippen LogP contribution < -0.4 is 10.4 Å². The van der Waals surface area contributed by atoms with Crippen LogP contribution in [0.5, 0.6) is 5.75 Å². The molecule has 0 bridgehead atoms. The van der Waals surface area contributed by atoms with Crippen LogP contribution in [0.2, 0.25) is 0 Å². The topological polar surface area (TPSA) is 66.5 Å². The van der Waals surface area contributed by atoms with Crippen molar-refractivity contribution < 1.29 is 9.15 Å². The van der Waals surface area contributed by atoms with Gasteiger partial charge in [0.25, 0.3) is 0 Å². The van der Waals surface area contributed by atoms with Crippen molar-refractivity contribution in [2.24, 2.45) is 0 Å². The van der Waals surface area contributed by atoms with Gasteiger partial charge in [0.15, 0.2) is 5.56 Å². The Morgan fingerprint density at radius 2 is 2.00 bits per heavy atom. The zero-order valence-electron chi connectivity index (χ0n) is 13.3. The van der Waals surface area contributed by atoms with Crippen LogP contribution in [0.1, 0.15) is 5.56 Å². The fourth-order valence-electron chi connectivity index (χ4n) is 1.94. The highest BCUT2D eigenvalue weighted by Crippen LogP contribution is 2.26. The van der Waals surface area contributed by atoms with Crippen molar-refractivity contribution >= 4 is 11.8 Å². The van der Waals surface area contributed by atoms with Crippen LogP contribution in [0.25, 0.3) is 11.3 Å². The normalized spacial score (nSPS) is 10.6. The Morgan fingerprint density at radius 3 is 2.57 bits per heavy atom. The number of rotatable bonds is 6. The molecule has 2 rings (SSSR count). The first-order valence-electron chi connectivity index (χ1n) is 7.05. The van der Waals surface area contributed by atoms with Crippen LogP contribution in [0.15, 0.2) is 44.4 Å². The van der Waals surface area contributed by atoms with Gasteiger partial charge < -0.3 is 14.1 Å². The summed E-state index contributed by atoms with van der Waals surface area (Å²) in [6.07, 6.45) is 1.82. The lowest BCUT2D eigenvalue weighted by atomic mass is 10.1. The Balaban J connectivity index is 2.21. The fourth-order valence-corrected chi connectivity index (χ4v) is 2.50. The van der Waals surface area contributed by atoms with Crippen molar-refractivity contribution in [1.29, 1.82) is 5.26 Å². The second-order valence-corrected chi connectivity index (χ2v) is 5.98. The zero-order valence-corrected chi connectivity index (χ0v) is 14.1. The Morgan fingerprint density at radius 1 is 1.30 bits per heavy atom. The van der Waals surface area contributed by atoms with E-state index in [2.05, 4.69) is 0 Å². The summed E-state index contributed by atoms with van der Waals surface area (Å²) < 4.78 is 10.9. The van der Waals surface area contributed by atoms with E-state index in [1.165, 1.54) is 11.8 Å². The lowest BCUT2D eigenvalue weighted by Crippen LogP contribution is -2.19. The van der Waals surface area contributed by atoms with Crippen LogP contribution in [0.3, 0.4) is 0 Å². The number of likely N-dealkylation sites (N-methyl/N-ethyl adjacent to an activating group) is 1. The molecule has 0 saturated carbocycles. The number of ether oxygens (including phenoxy) is 1. The highest BCUT2D eigenvalue weighted by atomic mass is 32.2. The standard InChI is InChI=1S/C17H18N2O3S/c1-19(2)8-9-21-13-6-4-12(5-7-13)15-10-16(23-3)14(11-18)17(20)22-15/h4-7,10H,8-9H2,1-3H3. The van der Waals surface area contributed by atoms with Crippen LogP contribution in [0, 0.1) is 11.3 Å². The molecule has 120 valence electrons. The van der Waals surface area contributed by atoms with Crippen LogP contribution in [-0.2, 0) is 0 Å². The molecule has 0 unspecified atom stereocenters. The summed E-state index contributed by atoms with van der Waals surface area (Å²) in [7, 11) is 3.98. The molecule has 0 atom stereocenters. The van der Waals surface area contributed by atoms with E-state index in [1.807, 2.05) is 55.6 Å². The van der Waals surface area contributed by atoms with E-state index in [0.717, 1.165) is 17.9 Å². The van der Waals surface area contributed by atoms with Crippen molar-refractivity contribution in [1.82, 2.24) is 4.90 Å². The van der Waals surface area contributed by atoms with Crippen LogP contribution in [-0.4, -0.2) is 38.4 Å². The third kappa shape index (κ3) is 4.38. The average molecular weight is 330 g/mol. The summed E-state index contributed by atoms with van der Waals surface area (Å²) in [5.74, 6) is 1.20. The van der Waals surface area contributed by atoms with Crippen molar-refractivity contribution in [3.63, 3.8) is 0 Å². The summed E-state index contributed by atoms with van der Waals surface area (Å²) in [5, 5.41) is 9.01. The molecule has 6 heteroatoms. The molecule has 0 fully saturated rings. The molecule has 0 aliphatic carbocycles. The van der Waals surface area contributed by atoms with Gasteiger partial charge in [0.05, 0.1) is 0 Å². The first kappa shape index (κ1) is 17.1. The fraction of sp³-hybridized carbons (Fsp3) is 0.294. The molecule has 0 amide bonds. The van der Waals surface area contributed by atoms with Gasteiger partial charge in [0.1, 0.15) is 24.2 Å². The molecule has 0 saturated heterocycles. The first-order chi connectivity index (χ1) is 11.0. The monoisotopic (exact) mass is 330 g/mol. The highest BCUT2D eigenvalue weighted by Gasteiger charge is 2.12. The largest absolute Gasteiger partial charge is 0.492 e. The number of benzene rings is 1. The van der Waals surface area contributed by atoms with Gasteiger partial charge >= 0.3 is 5.63 Å². The quantitative estimate of drug-likeness (QED) is 0.759. The summed E-state index contributed by atoms with van der Waals surface area (Å²) in [6.45, 7) is 1.44. The SMILES string of the molecule is CSc1cc(-c2ccc(OCCN(C)C)cc2)oc(=O)c1C#N. The summed E-state index contributed by atoms with van der Waals surface area (Å²) >= 11 is 1.35. The molecule has 23 heavy (non-hydrogen) atoms. The maximum absolute atomic E-state index is 11.9. The Labute approximate surface area is 139 Å². The van der Waals surface area contributed by atoms with Gasteiger partial charge in [-0.2, -0.15) is 5.26 Å². The lowest BCUT2D eigenvalue weighted by molar-refractivity contribution is 0.261. The van der Waals surface area contributed by atoms with Gasteiger partial charge in [0.2, 0.25) is 0 Å². The molecular weight excluding hydrogens is 312 g/mol. The summed E-state index contributed by atoms with van der Waals surface area (Å²) in [5.41, 5.74) is 0.201. The molecule has 2 aromatic rings. The first-order valence-corrected chi connectivity index (χ1v) is 8.28. The second-order valence-electron chi connectivity index (χ2n) is 5.13. The predicted molar refractivity (Wildman–Crippen MR) is 91.0 cm³/mol. The third-order valence-electron chi connectivity index (χ3n) is 3.19. The maximum atomic E-state index is 11.9. The van der Waals surface area contributed by atoms with Gasteiger partial charge in [-0.15, -0.1) is 11.8 Å². The number of hydrogen-bond donors (Lipinski definition) is 0. The molecule has 0 N–H and O–H groups in total. The van der Waals surface area contributed by atoms with Gasteiger partial charge in [-0.1, -0.05) is 0 Å². The van der Waals surface area contributed by atoms with E-state index in [1.54, 1.807) is 6.07 Å². The Bertz CT molecular complexity index is 761. The van der Waals surface area contributed by atoms with Crippen LogP contribution in [0.4, 0.5) is 0 Å². The number of nitriles is 1. The number of hydrogen-bond acceptors (Lipinski definition) is 6. The molecule has 1 heterocycles. The zero-order chi connectivity index (χ0) is 16.8. The van der Waals surface area contributed by atoms with Gasteiger partial charge in [-0.25, -0.2) is 4.79 Å². The summed E-state index contributed by atoms with van der Waals surface area (Å²) in [4.78, 5) is 14.5. The van der Waals surface area contributed by atoms with E-state index >= 15 is 0 Å². The summed E-state index contributed by atoms with van der Waals surface area (Å²) in [6, 6.07) is 10.9. The number of nitrogens with zero attached hydrogens (tertiary/aromatic N) is 2. The van der Waals surface area contributed by atoms with E-state index in [4.69, 9.17) is 14.4 Å². The maximum Gasteiger partial charge on any atom is 0.355 e. The average Bonchev–Trinajstić information content (AvgIpc) is 2.54. The molecule has 0 aliphatic rings. The molecule has 1 aromatic heterocycles. The molecular formula is C17H18N2O3S. The van der Waals surface area contributed by atoms with Crippen molar-refractivity contribution in [2.75, 3.05) is 33.5 Å². The van der Waals surface area contributed by atoms with Gasteiger partial charge in [-0.3, -0.25) is 0 Å². The lowest BCUT2D eigenvalue weighted by Gasteiger charge is -2.11. The molecule has 0 radical (unpaired) electrons. The predicted octanol–water partition coefficient (Wildman–Crippen LogP) is 2.84. The minimum absolute atomic E-state index is 0.0462. The molecule has 0 aliphatic heterocycles. The van der Waals surface area contributed by atoms with E-state index < -0.39 is 5.63 Å². The van der Waals surface area contributed by atoms with Gasteiger partial charge in [0, 0.05) is 17.0 Å². The van der Waals surface area contributed by atoms with Gasteiger partial charge in [-0.05, 0) is 50.7 Å². The van der Waals surface area contributed by atoms with Crippen molar-refractivity contribution in [3.05, 3.63) is 46.3 Å². The van der Waals surface area contributed by atoms with Crippen LogP contribution >= 0.6 is 11.8 Å². The van der Waals surface area contributed by atoms with E-state index in [-0.39, 0.29) is 5.56 Å². The van der Waals surface area contributed by atoms with Crippen molar-refractivity contribution in [3.8, 4) is 23.1 Å².